The van der Waals surface area contributed by atoms with Crippen LogP contribution < -0.4 is 5.32 Å². The first kappa shape index (κ1) is 14.0. The standard InChI is InChI=1S/C16H21FN2/c1-16(5-3-2-4-6-16)12-19-11-14-7-13(10-18)8-15(17)9-14/h7-9,19H,2-6,11-12H2,1H3. The maximum atomic E-state index is 13.3. The van der Waals surface area contributed by atoms with Gasteiger partial charge in [-0.3, -0.25) is 0 Å². The molecule has 1 aromatic carbocycles. The second kappa shape index (κ2) is 6.16. The van der Waals surface area contributed by atoms with Gasteiger partial charge in [0.05, 0.1) is 11.6 Å². The summed E-state index contributed by atoms with van der Waals surface area (Å²) in [5.41, 5.74) is 1.61. The highest BCUT2D eigenvalue weighted by atomic mass is 19.1. The SMILES string of the molecule is CC1(CNCc2cc(F)cc(C#N)c2)CCCCC1. The van der Waals surface area contributed by atoms with Crippen LogP contribution in [0.15, 0.2) is 18.2 Å². The Kier molecular flexibility index (Phi) is 4.55. The number of benzene rings is 1. The van der Waals surface area contributed by atoms with Crippen molar-refractivity contribution in [1.29, 1.82) is 5.26 Å². The number of hydrogen-bond donors (Lipinski definition) is 1. The molecule has 0 bridgehead atoms. The molecule has 1 aromatic rings. The van der Waals surface area contributed by atoms with E-state index in [-0.39, 0.29) is 5.82 Å². The zero-order chi connectivity index (χ0) is 13.7. The number of halogens is 1. The van der Waals surface area contributed by atoms with Crippen molar-refractivity contribution < 1.29 is 4.39 Å². The second-order valence-electron chi connectivity index (χ2n) is 5.93. The van der Waals surface area contributed by atoms with Gasteiger partial charge in [-0.2, -0.15) is 5.26 Å². The van der Waals surface area contributed by atoms with Crippen LogP contribution in [0, 0.1) is 22.6 Å². The van der Waals surface area contributed by atoms with E-state index < -0.39 is 0 Å². The van der Waals surface area contributed by atoms with Crippen molar-refractivity contribution in [2.75, 3.05) is 6.54 Å². The van der Waals surface area contributed by atoms with Crippen molar-refractivity contribution in [3.8, 4) is 6.07 Å². The topological polar surface area (TPSA) is 35.8 Å². The molecule has 2 rings (SSSR count). The van der Waals surface area contributed by atoms with Crippen LogP contribution in [0.2, 0.25) is 0 Å². The van der Waals surface area contributed by atoms with Crippen molar-refractivity contribution in [2.24, 2.45) is 5.41 Å². The first-order valence-corrected chi connectivity index (χ1v) is 7.02. The van der Waals surface area contributed by atoms with Crippen LogP contribution in [0.3, 0.4) is 0 Å². The maximum absolute atomic E-state index is 13.3. The first-order chi connectivity index (χ1) is 9.11. The maximum Gasteiger partial charge on any atom is 0.124 e. The van der Waals surface area contributed by atoms with Gasteiger partial charge in [-0.05, 0) is 42.0 Å². The molecule has 0 radical (unpaired) electrons. The zero-order valence-corrected chi connectivity index (χ0v) is 11.5. The summed E-state index contributed by atoms with van der Waals surface area (Å²) in [6.45, 7) is 3.92. The Morgan fingerprint density at radius 3 is 2.68 bits per heavy atom. The summed E-state index contributed by atoms with van der Waals surface area (Å²) >= 11 is 0. The molecule has 0 aliphatic heterocycles. The van der Waals surface area contributed by atoms with E-state index in [0.717, 1.165) is 12.1 Å². The summed E-state index contributed by atoms with van der Waals surface area (Å²) in [5, 5.41) is 12.2. The largest absolute Gasteiger partial charge is 0.312 e. The Morgan fingerprint density at radius 1 is 1.26 bits per heavy atom. The third-order valence-electron chi connectivity index (χ3n) is 4.03. The number of hydrogen-bond acceptors (Lipinski definition) is 2. The Balaban J connectivity index is 1.88. The molecular weight excluding hydrogens is 239 g/mol. The quantitative estimate of drug-likeness (QED) is 0.894. The van der Waals surface area contributed by atoms with Gasteiger partial charge in [0.2, 0.25) is 0 Å². The number of nitrogens with zero attached hydrogens (tertiary/aromatic N) is 1. The molecule has 0 amide bonds. The summed E-state index contributed by atoms with van der Waals surface area (Å²) in [5.74, 6) is -0.334. The molecule has 1 fully saturated rings. The third-order valence-corrected chi connectivity index (χ3v) is 4.03. The Bertz CT molecular complexity index is 470. The van der Waals surface area contributed by atoms with Gasteiger partial charge in [-0.15, -0.1) is 0 Å². The highest BCUT2D eigenvalue weighted by molar-refractivity contribution is 5.33. The molecule has 0 spiro atoms. The molecule has 2 nitrogen and oxygen atoms in total. The lowest BCUT2D eigenvalue weighted by Gasteiger charge is -2.33. The van der Waals surface area contributed by atoms with E-state index in [1.807, 2.05) is 6.07 Å². The highest BCUT2D eigenvalue weighted by Gasteiger charge is 2.25. The van der Waals surface area contributed by atoms with E-state index in [9.17, 15) is 4.39 Å². The highest BCUT2D eigenvalue weighted by Crippen LogP contribution is 2.34. The predicted molar refractivity (Wildman–Crippen MR) is 74.0 cm³/mol. The monoisotopic (exact) mass is 260 g/mol. The fraction of sp³-hybridized carbons (Fsp3) is 0.562. The van der Waals surface area contributed by atoms with Crippen molar-refractivity contribution in [3.05, 3.63) is 35.1 Å². The Labute approximate surface area is 114 Å². The van der Waals surface area contributed by atoms with E-state index in [0.29, 0.717) is 17.5 Å². The van der Waals surface area contributed by atoms with Gasteiger partial charge < -0.3 is 5.32 Å². The summed E-state index contributed by atoms with van der Waals surface area (Å²) in [7, 11) is 0. The van der Waals surface area contributed by atoms with Crippen LogP contribution >= 0.6 is 0 Å². The van der Waals surface area contributed by atoms with E-state index in [4.69, 9.17) is 5.26 Å². The van der Waals surface area contributed by atoms with Crippen LogP contribution in [0.4, 0.5) is 4.39 Å². The molecule has 0 aromatic heterocycles. The Morgan fingerprint density at radius 2 is 2.00 bits per heavy atom. The lowest BCUT2D eigenvalue weighted by Crippen LogP contribution is -2.33. The summed E-state index contributed by atoms with van der Waals surface area (Å²) in [6.07, 6.45) is 6.53. The number of nitriles is 1. The molecular formula is C16H21FN2. The van der Waals surface area contributed by atoms with E-state index >= 15 is 0 Å². The molecule has 1 aliphatic rings. The van der Waals surface area contributed by atoms with E-state index in [2.05, 4.69) is 12.2 Å². The molecule has 1 N–H and O–H groups in total. The predicted octanol–water partition coefficient (Wildman–Crippen LogP) is 3.76. The van der Waals surface area contributed by atoms with Crippen LogP contribution in [-0.4, -0.2) is 6.54 Å². The van der Waals surface area contributed by atoms with Crippen molar-refractivity contribution in [3.63, 3.8) is 0 Å². The van der Waals surface area contributed by atoms with Crippen LogP contribution in [0.5, 0.6) is 0 Å². The third kappa shape index (κ3) is 4.04. The van der Waals surface area contributed by atoms with Crippen LogP contribution in [-0.2, 0) is 6.54 Å². The molecule has 0 saturated heterocycles. The van der Waals surface area contributed by atoms with E-state index in [1.165, 1.54) is 44.2 Å². The van der Waals surface area contributed by atoms with Crippen molar-refractivity contribution in [2.45, 2.75) is 45.6 Å². The van der Waals surface area contributed by atoms with Gasteiger partial charge in [0, 0.05) is 13.1 Å². The molecule has 3 heteroatoms. The van der Waals surface area contributed by atoms with Crippen LogP contribution in [0.1, 0.15) is 50.2 Å². The van der Waals surface area contributed by atoms with Crippen LogP contribution in [0.25, 0.3) is 0 Å². The molecule has 19 heavy (non-hydrogen) atoms. The average molecular weight is 260 g/mol. The summed E-state index contributed by atoms with van der Waals surface area (Å²) in [4.78, 5) is 0. The normalized spacial score (nSPS) is 17.9. The van der Waals surface area contributed by atoms with Crippen molar-refractivity contribution in [1.82, 2.24) is 5.32 Å². The minimum Gasteiger partial charge on any atom is -0.312 e. The fourth-order valence-corrected chi connectivity index (χ4v) is 2.91. The lowest BCUT2D eigenvalue weighted by atomic mass is 9.76. The number of rotatable bonds is 4. The molecule has 1 saturated carbocycles. The number of nitrogens with one attached hydrogen (secondary N) is 1. The molecule has 0 heterocycles. The second-order valence-corrected chi connectivity index (χ2v) is 5.93. The van der Waals surface area contributed by atoms with Gasteiger partial charge in [-0.25, -0.2) is 4.39 Å². The Hall–Kier alpha value is -1.40. The van der Waals surface area contributed by atoms with Gasteiger partial charge in [0.15, 0.2) is 0 Å². The minimum atomic E-state index is -0.334. The van der Waals surface area contributed by atoms with Gasteiger partial charge in [0.25, 0.3) is 0 Å². The van der Waals surface area contributed by atoms with Gasteiger partial charge in [0.1, 0.15) is 5.82 Å². The van der Waals surface area contributed by atoms with Gasteiger partial charge >= 0.3 is 0 Å². The molecule has 0 atom stereocenters. The first-order valence-electron chi connectivity index (χ1n) is 7.02. The summed E-state index contributed by atoms with van der Waals surface area (Å²) in [6, 6.07) is 6.50. The minimum absolute atomic E-state index is 0.334. The molecule has 1 aliphatic carbocycles. The smallest absolute Gasteiger partial charge is 0.124 e. The zero-order valence-electron chi connectivity index (χ0n) is 11.5. The molecule has 102 valence electrons. The average Bonchev–Trinajstić information content (AvgIpc) is 2.38. The summed E-state index contributed by atoms with van der Waals surface area (Å²) < 4.78 is 13.3. The van der Waals surface area contributed by atoms with Gasteiger partial charge in [-0.1, -0.05) is 26.2 Å². The van der Waals surface area contributed by atoms with Crippen molar-refractivity contribution >= 4 is 0 Å². The fourth-order valence-electron chi connectivity index (χ4n) is 2.91. The molecule has 0 unspecified atom stereocenters. The van der Waals surface area contributed by atoms with E-state index in [1.54, 1.807) is 6.07 Å². The lowest BCUT2D eigenvalue weighted by molar-refractivity contribution is 0.207.